The minimum atomic E-state index is -4.49. The molecule has 0 atom stereocenters. The Bertz CT molecular complexity index is 902. The van der Waals surface area contributed by atoms with E-state index in [1.54, 1.807) is 0 Å². The third-order valence-electron chi connectivity index (χ3n) is 3.56. The Balaban J connectivity index is 1.82. The molecule has 2 aromatic heterocycles. The number of nitrogens with one attached hydrogen (secondary N) is 1. The third kappa shape index (κ3) is 3.31. The molecule has 126 valence electrons. The molecule has 24 heavy (non-hydrogen) atoms. The molecule has 0 unspecified atom stereocenters. The molecule has 0 saturated heterocycles. The van der Waals surface area contributed by atoms with Crippen molar-refractivity contribution < 1.29 is 13.2 Å². The van der Waals surface area contributed by atoms with E-state index in [0.717, 1.165) is 17.5 Å². The average Bonchev–Trinajstić information content (AvgIpc) is 2.88. The Hall–Kier alpha value is -2.28. The van der Waals surface area contributed by atoms with Crippen LogP contribution in [0.15, 0.2) is 30.5 Å². The number of nitrogens with zero attached hydrogens (tertiary/aromatic N) is 3. The van der Waals surface area contributed by atoms with Crippen LogP contribution in [0.4, 0.5) is 18.9 Å². The number of imidazole rings is 1. The molecular formula is C16H14ClF3N4. The summed E-state index contributed by atoms with van der Waals surface area (Å²) in [4.78, 5) is 8.71. The smallest absolute Gasteiger partial charge is 0.379 e. The van der Waals surface area contributed by atoms with Crippen molar-refractivity contribution >= 4 is 23.1 Å². The number of aromatic nitrogens is 3. The molecule has 2 heterocycles. The molecule has 1 aromatic carbocycles. The second-order valence-electron chi connectivity index (χ2n) is 5.49. The number of benzene rings is 1. The highest BCUT2D eigenvalue weighted by Gasteiger charge is 2.33. The van der Waals surface area contributed by atoms with Crippen LogP contribution in [-0.4, -0.2) is 14.4 Å². The maximum Gasteiger partial charge on any atom is 0.417 e. The second-order valence-corrected chi connectivity index (χ2v) is 5.89. The number of rotatable bonds is 3. The predicted octanol–water partition coefficient (Wildman–Crippen LogP) is 4.63. The van der Waals surface area contributed by atoms with Gasteiger partial charge in [-0.25, -0.2) is 9.97 Å². The molecule has 0 spiro atoms. The van der Waals surface area contributed by atoms with Crippen LogP contribution < -0.4 is 5.32 Å². The van der Waals surface area contributed by atoms with Gasteiger partial charge in [-0.2, -0.15) is 13.2 Å². The van der Waals surface area contributed by atoms with E-state index in [1.165, 1.54) is 12.1 Å². The molecule has 0 saturated carbocycles. The Kier molecular flexibility index (Phi) is 4.13. The number of hydrogen-bond acceptors (Lipinski definition) is 3. The lowest BCUT2D eigenvalue weighted by atomic mass is 10.2. The van der Waals surface area contributed by atoms with E-state index >= 15 is 0 Å². The zero-order valence-corrected chi connectivity index (χ0v) is 13.7. The molecule has 8 heteroatoms. The van der Waals surface area contributed by atoms with Crippen molar-refractivity contribution in [1.82, 2.24) is 14.4 Å². The number of aryl methyl sites for hydroxylation is 2. The maximum absolute atomic E-state index is 12.9. The summed E-state index contributed by atoms with van der Waals surface area (Å²) in [6.07, 6.45) is -2.68. The molecule has 3 aromatic rings. The first-order valence-electron chi connectivity index (χ1n) is 7.17. The number of fused-ring (bicyclic) bond motifs is 1. The standard InChI is InChI=1S/C16H14ClF3N4/c1-9-5-10(2)24-8-12(23-15(24)22-9)7-21-11-3-4-14(17)13(6-11)16(18,19)20/h3-6,8,21H,7H2,1-2H3. The van der Waals surface area contributed by atoms with Crippen molar-refractivity contribution in [3.63, 3.8) is 0 Å². The largest absolute Gasteiger partial charge is 0.417 e. The van der Waals surface area contributed by atoms with Gasteiger partial charge in [0.25, 0.3) is 0 Å². The molecule has 4 nitrogen and oxygen atoms in total. The second kappa shape index (κ2) is 5.98. The summed E-state index contributed by atoms with van der Waals surface area (Å²) >= 11 is 5.61. The van der Waals surface area contributed by atoms with Crippen LogP contribution >= 0.6 is 11.6 Å². The van der Waals surface area contributed by atoms with Gasteiger partial charge >= 0.3 is 6.18 Å². The molecular weight excluding hydrogens is 341 g/mol. The molecule has 0 radical (unpaired) electrons. The summed E-state index contributed by atoms with van der Waals surface area (Å²) in [5.74, 6) is 0.566. The van der Waals surface area contributed by atoms with E-state index < -0.39 is 11.7 Å². The summed E-state index contributed by atoms with van der Waals surface area (Å²) in [5, 5.41) is 2.61. The number of hydrogen-bond donors (Lipinski definition) is 1. The van der Waals surface area contributed by atoms with Crippen LogP contribution in [0.2, 0.25) is 5.02 Å². The molecule has 0 bridgehead atoms. The minimum Gasteiger partial charge on any atom is -0.379 e. The van der Waals surface area contributed by atoms with E-state index in [-0.39, 0.29) is 11.6 Å². The zero-order valence-electron chi connectivity index (χ0n) is 12.9. The summed E-state index contributed by atoms with van der Waals surface area (Å²) in [6, 6.07) is 5.65. The monoisotopic (exact) mass is 354 g/mol. The maximum atomic E-state index is 12.9. The van der Waals surface area contributed by atoms with E-state index in [9.17, 15) is 13.2 Å². The SMILES string of the molecule is Cc1cc(C)n2cc(CNc3ccc(Cl)c(C(F)(F)F)c3)nc2n1. The fraction of sp³-hybridized carbons (Fsp3) is 0.250. The van der Waals surface area contributed by atoms with E-state index in [0.29, 0.717) is 17.2 Å². The van der Waals surface area contributed by atoms with Crippen LogP contribution in [0.25, 0.3) is 5.78 Å². The molecule has 0 amide bonds. The van der Waals surface area contributed by atoms with Crippen LogP contribution in [0.5, 0.6) is 0 Å². The first kappa shape index (κ1) is 16.6. The van der Waals surface area contributed by atoms with Gasteiger partial charge in [0.15, 0.2) is 0 Å². The van der Waals surface area contributed by atoms with Crippen molar-refractivity contribution in [1.29, 1.82) is 0 Å². The highest BCUT2D eigenvalue weighted by molar-refractivity contribution is 6.31. The summed E-state index contributed by atoms with van der Waals surface area (Å²) in [6.45, 7) is 4.10. The lowest BCUT2D eigenvalue weighted by Crippen LogP contribution is -2.07. The Morgan fingerprint density at radius 2 is 1.92 bits per heavy atom. The van der Waals surface area contributed by atoms with Gasteiger partial charge in [0.2, 0.25) is 5.78 Å². The molecule has 0 fully saturated rings. The van der Waals surface area contributed by atoms with Gasteiger partial charge in [0, 0.05) is 23.3 Å². The Morgan fingerprint density at radius 3 is 2.62 bits per heavy atom. The normalized spacial score (nSPS) is 11.9. The van der Waals surface area contributed by atoms with Crippen LogP contribution in [0.1, 0.15) is 22.6 Å². The van der Waals surface area contributed by atoms with E-state index in [2.05, 4.69) is 15.3 Å². The molecule has 1 N–H and O–H groups in total. The van der Waals surface area contributed by atoms with Gasteiger partial charge in [-0.1, -0.05) is 11.6 Å². The van der Waals surface area contributed by atoms with E-state index in [1.807, 2.05) is 30.5 Å². The quantitative estimate of drug-likeness (QED) is 0.745. The minimum absolute atomic E-state index is 0.279. The lowest BCUT2D eigenvalue weighted by Gasteiger charge is -2.11. The topological polar surface area (TPSA) is 42.2 Å². The Labute approximate surface area is 141 Å². The van der Waals surface area contributed by atoms with Gasteiger partial charge in [-0.3, -0.25) is 4.40 Å². The van der Waals surface area contributed by atoms with Crippen LogP contribution in [-0.2, 0) is 12.7 Å². The van der Waals surface area contributed by atoms with Gasteiger partial charge in [0.1, 0.15) is 0 Å². The predicted molar refractivity (Wildman–Crippen MR) is 86.2 cm³/mol. The van der Waals surface area contributed by atoms with Crippen molar-refractivity contribution in [3.8, 4) is 0 Å². The summed E-state index contributed by atoms with van der Waals surface area (Å²) in [5.41, 5.74) is 1.99. The number of alkyl halides is 3. The third-order valence-corrected chi connectivity index (χ3v) is 3.89. The number of anilines is 1. The highest BCUT2D eigenvalue weighted by Crippen LogP contribution is 2.36. The Morgan fingerprint density at radius 1 is 1.17 bits per heavy atom. The van der Waals surface area contributed by atoms with Gasteiger partial charge < -0.3 is 5.32 Å². The fourth-order valence-corrected chi connectivity index (χ4v) is 2.67. The van der Waals surface area contributed by atoms with Crippen molar-refractivity contribution in [2.75, 3.05) is 5.32 Å². The van der Waals surface area contributed by atoms with Gasteiger partial charge in [0.05, 0.1) is 22.8 Å². The van der Waals surface area contributed by atoms with Crippen LogP contribution in [0.3, 0.4) is 0 Å². The highest BCUT2D eigenvalue weighted by atomic mass is 35.5. The van der Waals surface area contributed by atoms with E-state index in [4.69, 9.17) is 11.6 Å². The van der Waals surface area contributed by atoms with Gasteiger partial charge in [-0.05, 0) is 38.1 Å². The molecule has 0 aliphatic heterocycles. The fourth-order valence-electron chi connectivity index (χ4n) is 2.45. The van der Waals surface area contributed by atoms with Crippen LogP contribution in [0, 0.1) is 13.8 Å². The van der Waals surface area contributed by atoms with Crippen molar-refractivity contribution in [3.05, 3.63) is 58.1 Å². The zero-order chi connectivity index (χ0) is 17.5. The molecule has 0 aliphatic rings. The molecule has 3 rings (SSSR count). The lowest BCUT2D eigenvalue weighted by molar-refractivity contribution is -0.137. The number of halogens is 4. The summed E-state index contributed by atoms with van der Waals surface area (Å²) < 4.78 is 40.5. The first-order valence-corrected chi connectivity index (χ1v) is 7.54. The average molecular weight is 355 g/mol. The van der Waals surface area contributed by atoms with Crippen molar-refractivity contribution in [2.24, 2.45) is 0 Å². The van der Waals surface area contributed by atoms with Crippen molar-refractivity contribution in [2.45, 2.75) is 26.6 Å². The molecule has 0 aliphatic carbocycles. The van der Waals surface area contributed by atoms with Gasteiger partial charge in [-0.15, -0.1) is 0 Å². The summed E-state index contributed by atoms with van der Waals surface area (Å²) in [7, 11) is 0. The first-order chi connectivity index (χ1) is 11.2.